The number of rotatable bonds is 3. The molecule has 0 fully saturated rings. The van der Waals surface area contributed by atoms with Gasteiger partial charge in [0.05, 0.1) is 28.2 Å². The van der Waals surface area contributed by atoms with Crippen LogP contribution in [0.2, 0.25) is 5.02 Å². The molecule has 0 aliphatic carbocycles. The quantitative estimate of drug-likeness (QED) is 0.737. The van der Waals surface area contributed by atoms with E-state index in [4.69, 9.17) is 21.1 Å². The van der Waals surface area contributed by atoms with Gasteiger partial charge in [-0.3, -0.25) is 4.79 Å². The smallest absolute Gasteiger partial charge is 0.259 e. The Labute approximate surface area is 159 Å². The maximum absolute atomic E-state index is 14.0. The van der Waals surface area contributed by atoms with Crippen molar-refractivity contribution in [2.45, 2.75) is 6.92 Å². The van der Waals surface area contributed by atoms with Crippen LogP contribution in [0.5, 0.6) is 11.5 Å². The van der Waals surface area contributed by atoms with E-state index < -0.39 is 11.7 Å². The fourth-order valence-electron chi connectivity index (χ4n) is 2.85. The van der Waals surface area contributed by atoms with Gasteiger partial charge in [-0.2, -0.15) is 5.10 Å². The lowest BCUT2D eigenvalue weighted by Gasteiger charge is -2.20. The lowest BCUT2D eigenvalue weighted by Crippen LogP contribution is -2.17. The molecule has 3 aromatic rings. The topological polar surface area (TPSA) is 65.4 Å². The zero-order valence-corrected chi connectivity index (χ0v) is 15.1. The van der Waals surface area contributed by atoms with Crippen LogP contribution < -0.4 is 14.8 Å². The summed E-state index contributed by atoms with van der Waals surface area (Å²) in [4.78, 5) is 12.7. The van der Waals surface area contributed by atoms with E-state index in [0.717, 1.165) is 0 Å². The molecule has 0 saturated heterocycles. The second-order valence-corrected chi connectivity index (χ2v) is 6.34. The van der Waals surface area contributed by atoms with Crippen LogP contribution in [0.25, 0.3) is 5.69 Å². The van der Waals surface area contributed by atoms with Crippen molar-refractivity contribution in [3.8, 4) is 17.2 Å². The summed E-state index contributed by atoms with van der Waals surface area (Å²) in [6.07, 6.45) is 1.39. The van der Waals surface area contributed by atoms with Gasteiger partial charge in [0.2, 0.25) is 0 Å². The van der Waals surface area contributed by atoms with E-state index in [-0.39, 0.29) is 5.69 Å². The minimum Gasteiger partial charge on any atom is -0.486 e. The minimum absolute atomic E-state index is 0.270. The molecular weight excluding hydrogens is 373 g/mol. The fourth-order valence-corrected chi connectivity index (χ4v) is 3.05. The third-order valence-corrected chi connectivity index (χ3v) is 4.53. The molecule has 1 amide bonds. The van der Waals surface area contributed by atoms with Gasteiger partial charge in [0.15, 0.2) is 11.5 Å². The number of carbonyl (C=O) groups is 1. The minimum atomic E-state index is -0.425. The van der Waals surface area contributed by atoms with E-state index in [1.807, 2.05) is 0 Å². The number of aromatic nitrogens is 2. The summed E-state index contributed by atoms with van der Waals surface area (Å²) in [7, 11) is 0. The first-order chi connectivity index (χ1) is 13.0. The Morgan fingerprint density at radius 3 is 2.67 bits per heavy atom. The van der Waals surface area contributed by atoms with Crippen molar-refractivity contribution in [2.75, 3.05) is 18.5 Å². The van der Waals surface area contributed by atoms with Crippen molar-refractivity contribution in [3.63, 3.8) is 0 Å². The van der Waals surface area contributed by atoms with E-state index in [1.54, 1.807) is 37.3 Å². The molecule has 0 radical (unpaired) electrons. The second kappa shape index (κ2) is 6.92. The summed E-state index contributed by atoms with van der Waals surface area (Å²) in [5.74, 6) is 0.215. The first-order valence-electron chi connectivity index (χ1n) is 8.24. The monoisotopic (exact) mass is 387 g/mol. The van der Waals surface area contributed by atoms with Gasteiger partial charge in [-0.1, -0.05) is 23.7 Å². The number of ether oxygens (including phenoxy) is 2. The highest BCUT2D eigenvalue weighted by Gasteiger charge is 2.20. The van der Waals surface area contributed by atoms with Crippen molar-refractivity contribution in [3.05, 3.63) is 64.7 Å². The maximum atomic E-state index is 14.0. The first-order valence-corrected chi connectivity index (χ1v) is 8.62. The number of hydrogen-bond acceptors (Lipinski definition) is 4. The second-order valence-electron chi connectivity index (χ2n) is 5.94. The van der Waals surface area contributed by atoms with Crippen LogP contribution in [0, 0.1) is 12.7 Å². The first kappa shape index (κ1) is 17.4. The number of nitrogens with zero attached hydrogens (tertiary/aromatic N) is 2. The molecule has 4 rings (SSSR count). The Morgan fingerprint density at radius 1 is 1.22 bits per heavy atom. The predicted molar refractivity (Wildman–Crippen MR) is 98.7 cm³/mol. The molecular formula is C19H15ClFN3O3. The zero-order valence-electron chi connectivity index (χ0n) is 14.3. The van der Waals surface area contributed by atoms with Gasteiger partial charge >= 0.3 is 0 Å². The Balaban J connectivity index is 1.62. The van der Waals surface area contributed by atoms with Crippen molar-refractivity contribution < 1.29 is 18.7 Å². The fraction of sp³-hybridized carbons (Fsp3) is 0.158. The predicted octanol–water partition coefficient (Wildman–Crippen LogP) is 4.00. The third-order valence-electron chi connectivity index (χ3n) is 4.22. The summed E-state index contributed by atoms with van der Waals surface area (Å²) < 4.78 is 26.4. The van der Waals surface area contributed by atoms with Gasteiger partial charge in [0.1, 0.15) is 24.7 Å². The third kappa shape index (κ3) is 3.21. The number of amides is 1. The normalized spacial score (nSPS) is 12.7. The van der Waals surface area contributed by atoms with Crippen molar-refractivity contribution in [2.24, 2.45) is 0 Å². The Morgan fingerprint density at radius 2 is 1.93 bits per heavy atom. The van der Waals surface area contributed by atoms with Crippen LogP contribution in [-0.4, -0.2) is 28.9 Å². The van der Waals surface area contributed by atoms with Crippen LogP contribution in [0.3, 0.4) is 0 Å². The standard InChI is InChI=1S/C19H15ClFN3O3/c1-11-12(10-22-24(11)16-5-3-2-4-14(16)21)19(25)23-15-9-18-17(8-13(15)20)26-6-7-27-18/h2-5,8-10H,6-7H2,1H3,(H,23,25). The summed E-state index contributed by atoms with van der Waals surface area (Å²) >= 11 is 6.23. The number of benzene rings is 2. The average molecular weight is 388 g/mol. The number of hydrogen-bond donors (Lipinski definition) is 1. The summed E-state index contributed by atoms with van der Waals surface area (Å²) in [5, 5.41) is 7.21. The number of carbonyl (C=O) groups excluding carboxylic acids is 1. The molecule has 1 aromatic heterocycles. The molecule has 6 nitrogen and oxygen atoms in total. The molecule has 1 aliphatic heterocycles. The van der Waals surface area contributed by atoms with Gasteiger partial charge < -0.3 is 14.8 Å². The van der Waals surface area contributed by atoms with Crippen LogP contribution in [0.4, 0.5) is 10.1 Å². The number of anilines is 1. The van der Waals surface area contributed by atoms with Crippen molar-refractivity contribution in [1.29, 1.82) is 0 Å². The van der Waals surface area contributed by atoms with Gasteiger partial charge in [0.25, 0.3) is 5.91 Å². The van der Waals surface area contributed by atoms with Gasteiger partial charge in [-0.05, 0) is 19.1 Å². The molecule has 27 heavy (non-hydrogen) atoms. The van der Waals surface area contributed by atoms with Crippen LogP contribution >= 0.6 is 11.6 Å². The van der Waals surface area contributed by atoms with E-state index in [0.29, 0.717) is 46.7 Å². The maximum Gasteiger partial charge on any atom is 0.259 e. The highest BCUT2D eigenvalue weighted by atomic mass is 35.5. The van der Waals surface area contributed by atoms with E-state index >= 15 is 0 Å². The molecule has 1 N–H and O–H groups in total. The Bertz CT molecular complexity index is 1040. The molecule has 2 aromatic carbocycles. The van der Waals surface area contributed by atoms with Crippen molar-refractivity contribution >= 4 is 23.2 Å². The molecule has 2 heterocycles. The van der Waals surface area contributed by atoms with E-state index in [2.05, 4.69) is 10.4 Å². The summed E-state index contributed by atoms with van der Waals surface area (Å²) in [6, 6.07) is 9.44. The average Bonchev–Trinajstić information content (AvgIpc) is 3.04. The Kier molecular flexibility index (Phi) is 4.45. The molecule has 138 valence electrons. The van der Waals surface area contributed by atoms with Crippen molar-refractivity contribution in [1.82, 2.24) is 9.78 Å². The molecule has 0 unspecified atom stereocenters. The largest absolute Gasteiger partial charge is 0.486 e. The van der Waals surface area contributed by atoms with Crippen LogP contribution in [-0.2, 0) is 0 Å². The van der Waals surface area contributed by atoms with E-state index in [9.17, 15) is 9.18 Å². The van der Waals surface area contributed by atoms with Crippen LogP contribution in [0.15, 0.2) is 42.6 Å². The lowest BCUT2D eigenvalue weighted by molar-refractivity contribution is 0.102. The zero-order chi connectivity index (χ0) is 19.0. The molecule has 0 bridgehead atoms. The van der Waals surface area contributed by atoms with E-state index in [1.165, 1.54) is 16.9 Å². The molecule has 0 atom stereocenters. The SMILES string of the molecule is Cc1c(C(=O)Nc2cc3c(cc2Cl)OCCO3)cnn1-c1ccccc1F. The van der Waals surface area contributed by atoms with Gasteiger partial charge in [0, 0.05) is 12.1 Å². The summed E-state index contributed by atoms with van der Waals surface area (Å²) in [5.41, 5.74) is 1.48. The number of para-hydroxylation sites is 1. The molecule has 0 spiro atoms. The number of halogens is 2. The highest BCUT2D eigenvalue weighted by molar-refractivity contribution is 6.34. The number of nitrogens with one attached hydrogen (secondary N) is 1. The number of fused-ring (bicyclic) bond motifs is 1. The van der Waals surface area contributed by atoms with Gasteiger partial charge in [-0.15, -0.1) is 0 Å². The van der Waals surface area contributed by atoms with Gasteiger partial charge in [-0.25, -0.2) is 9.07 Å². The molecule has 0 saturated carbocycles. The highest BCUT2D eigenvalue weighted by Crippen LogP contribution is 2.38. The summed E-state index contributed by atoms with van der Waals surface area (Å²) in [6.45, 7) is 2.57. The van der Waals surface area contributed by atoms with Crippen LogP contribution in [0.1, 0.15) is 16.1 Å². The lowest BCUT2D eigenvalue weighted by atomic mass is 10.2. The molecule has 8 heteroatoms. The molecule has 1 aliphatic rings. The Hall–Kier alpha value is -3.06.